The molecular weight excluding hydrogens is 336 g/mol. The van der Waals surface area contributed by atoms with Gasteiger partial charge in [-0.25, -0.2) is 5.43 Å². The van der Waals surface area contributed by atoms with Gasteiger partial charge in [0.15, 0.2) is 0 Å². The molecule has 0 atom stereocenters. The van der Waals surface area contributed by atoms with Crippen molar-refractivity contribution in [3.63, 3.8) is 0 Å². The van der Waals surface area contributed by atoms with Crippen molar-refractivity contribution in [1.82, 2.24) is 10.4 Å². The van der Waals surface area contributed by atoms with Gasteiger partial charge in [-0.2, -0.15) is 5.10 Å². The van der Waals surface area contributed by atoms with Crippen molar-refractivity contribution >= 4 is 17.8 Å². The van der Waals surface area contributed by atoms with Gasteiger partial charge >= 0.3 is 0 Å². The minimum atomic E-state index is -0.471. The lowest BCUT2D eigenvalue weighted by molar-refractivity contribution is -0.384. The highest BCUT2D eigenvalue weighted by Gasteiger charge is 2.16. The maximum atomic E-state index is 11.9. The molecule has 0 unspecified atom stereocenters. The molecule has 0 aliphatic rings. The SMILES string of the molecule is Cc1ccc(C(=O)N/N=C/c2ccc(-c3ccccc3[N+](=O)[O-])o2)cn1. The minimum Gasteiger partial charge on any atom is -0.455 e. The van der Waals surface area contributed by atoms with Crippen molar-refractivity contribution in [1.29, 1.82) is 0 Å². The Morgan fingerprint density at radius 2 is 2.04 bits per heavy atom. The number of nitro benzene ring substituents is 1. The van der Waals surface area contributed by atoms with Gasteiger partial charge in [0, 0.05) is 18.0 Å². The quantitative estimate of drug-likeness (QED) is 0.431. The molecule has 3 rings (SSSR count). The first-order chi connectivity index (χ1) is 12.5. The van der Waals surface area contributed by atoms with Gasteiger partial charge in [0.2, 0.25) is 0 Å². The number of nitro groups is 1. The predicted molar refractivity (Wildman–Crippen MR) is 94.8 cm³/mol. The third kappa shape index (κ3) is 3.81. The molecule has 1 N–H and O–H groups in total. The first-order valence-corrected chi connectivity index (χ1v) is 7.64. The number of hydrazone groups is 1. The van der Waals surface area contributed by atoms with Crippen LogP contribution >= 0.6 is 0 Å². The van der Waals surface area contributed by atoms with Gasteiger partial charge in [-0.1, -0.05) is 12.1 Å². The van der Waals surface area contributed by atoms with Gasteiger partial charge in [0.05, 0.1) is 22.3 Å². The summed E-state index contributed by atoms with van der Waals surface area (Å²) in [4.78, 5) is 26.6. The van der Waals surface area contributed by atoms with E-state index in [0.717, 1.165) is 5.69 Å². The topological polar surface area (TPSA) is 111 Å². The Kier molecular flexibility index (Phi) is 4.84. The lowest BCUT2D eigenvalue weighted by atomic mass is 10.1. The number of para-hydroxylation sites is 1. The van der Waals surface area contributed by atoms with E-state index in [1.54, 1.807) is 42.5 Å². The Bertz CT molecular complexity index is 977. The van der Waals surface area contributed by atoms with E-state index in [4.69, 9.17) is 4.42 Å². The number of furan rings is 1. The van der Waals surface area contributed by atoms with Gasteiger partial charge in [-0.3, -0.25) is 19.9 Å². The summed E-state index contributed by atoms with van der Waals surface area (Å²) in [6.45, 7) is 1.82. The Morgan fingerprint density at radius 3 is 2.77 bits per heavy atom. The Balaban J connectivity index is 1.71. The highest BCUT2D eigenvalue weighted by atomic mass is 16.6. The minimum absolute atomic E-state index is 0.0505. The molecule has 0 fully saturated rings. The number of nitrogens with one attached hydrogen (secondary N) is 1. The summed E-state index contributed by atoms with van der Waals surface area (Å²) in [6.07, 6.45) is 2.78. The molecule has 8 nitrogen and oxygen atoms in total. The normalized spacial score (nSPS) is 10.8. The molecule has 0 spiro atoms. The van der Waals surface area contributed by atoms with E-state index in [0.29, 0.717) is 22.6 Å². The number of aryl methyl sites for hydroxylation is 1. The van der Waals surface area contributed by atoms with Crippen molar-refractivity contribution in [2.24, 2.45) is 5.10 Å². The van der Waals surface area contributed by atoms with Gasteiger partial charge in [-0.15, -0.1) is 0 Å². The third-order valence-corrected chi connectivity index (χ3v) is 3.52. The maximum absolute atomic E-state index is 11.9. The van der Waals surface area contributed by atoms with Crippen LogP contribution in [0.15, 0.2) is 64.2 Å². The van der Waals surface area contributed by atoms with Crippen LogP contribution in [0.2, 0.25) is 0 Å². The molecule has 26 heavy (non-hydrogen) atoms. The number of carbonyl (C=O) groups is 1. The second kappa shape index (κ2) is 7.39. The van der Waals surface area contributed by atoms with Gasteiger partial charge in [0.25, 0.3) is 11.6 Å². The largest absolute Gasteiger partial charge is 0.455 e. The molecule has 0 bridgehead atoms. The van der Waals surface area contributed by atoms with Gasteiger partial charge in [0.1, 0.15) is 11.5 Å². The third-order valence-electron chi connectivity index (χ3n) is 3.52. The second-order valence-electron chi connectivity index (χ2n) is 5.36. The molecule has 8 heteroatoms. The van der Waals surface area contributed by atoms with Crippen LogP contribution in [0, 0.1) is 17.0 Å². The van der Waals surface area contributed by atoms with Crippen LogP contribution in [-0.2, 0) is 0 Å². The first-order valence-electron chi connectivity index (χ1n) is 7.64. The van der Waals surface area contributed by atoms with Crippen molar-refractivity contribution in [3.05, 3.63) is 81.9 Å². The van der Waals surface area contributed by atoms with Crippen molar-refractivity contribution in [2.75, 3.05) is 0 Å². The molecule has 2 heterocycles. The zero-order valence-electron chi connectivity index (χ0n) is 13.7. The highest BCUT2D eigenvalue weighted by Crippen LogP contribution is 2.30. The van der Waals surface area contributed by atoms with Crippen molar-refractivity contribution < 1.29 is 14.1 Å². The fourth-order valence-corrected chi connectivity index (χ4v) is 2.23. The Morgan fingerprint density at radius 1 is 1.23 bits per heavy atom. The van der Waals surface area contributed by atoms with Crippen LogP contribution in [0.4, 0.5) is 5.69 Å². The zero-order chi connectivity index (χ0) is 18.5. The number of pyridine rings is 1. The van der Waals surface area contributed by atoms with Crippen LogP contribution in [0.3, 0.4) is 0 Å². The average Bonchev–Trinajstić information content (AvgIpc) is 3.11. The lowest BCUT2D eigenvalue weighted by Gasteiger charge is -1.99. The number of carbonyl (C=O) groups excluding carboxylic acids is 1. The van der Waals surface area contributed by atoms with E-state index in [9.17, 15) is 14.9 Å². The molecule has 2 aromatic heterocycles. The molecule has 0 saturated heterocycles. The fraction of sp³-hybridized carbons (Fsp3) is 0.0556. The second-order valence-corrected chi connectivity index (χ2v) is 5.36. The van der Waals surface area contributed by atoms with E-state index in [2.05, 4.69) is 15.5 Å². The molecule has 130 valence electrons. The zero-order valence-corrected chi connectivity index (χ0v) is 13.7. The summed E-state index contributed by atoms with van der Waals surface area (Å²) in [6, 6.07) is 12.9. The van der Waals surface area contributed by atoms with Crippen molar-refractivity contribution in [2.45, 2.75) is 6.92 Å². The molecule has 0 aliphatic carbocycles. The summed E-state index contributed by atoms with van der Waals surface area (Å²) < 4.78 is 5.55. The highest BCUT2D eigenvalue weighted by molar-refractivity contribution is 5.94. The number of rotatable bonds is 5. The average molecular weight is 350 g/mol. The molecule has 1 amide bonds. The van der Waals surface area contributed by atoms with Crippen LogP contribution in [0.1, 0.15) is 21.8 Å². The summed E-state index contributed by atoms with van der Waals surface area (Å²) in [7, 11) is 0. The Labute approximate surface area is 148 Å². The molecule has 0 aliphatic heterocycles. The lowest BCUT2D eigenvalue weighted by Crippen LogP contribution is -2.17. The molecule has 3 aromatic rings. The van der Waals surface area contributed by atoms with E-state index in [1.165, 1.54) is 18.5 Å². The summed E-state index contributed by atoms with van der Waals surface area (Å²) in [5.41, 5.74) is 3.88. The number of nitrogens with zero attached hydrogens (tertiary/aromatic N) is 3. The number of amides is 1. The summed E-state index contributed by atoms with van der Waals surface area (Å²) in [5, 5.41) is 14.9. The monoisotopic (exact) mass is 350 g/mol. The number of hydrogen-bond donors (Lipinski definition) is 1. The molecule has 0 saturated carbocycles. The standard InChI is InChI=1S/C18H14N4O4/c1-12-6-7-13(10-19-12)18(23)21-20-11-14-8-9-17(26-14)15-4-2-3-5-16(15)22(24)25/h2-11H,1H3,(H,21,23)/b20-11+. The van der Waals surface area contributed by atoms with Gasteiger partial charge in [-0.05, 0) is 37.3 Å². The smallest absolute Gasteiger partial charge is 0.280 e. The Hall–Kier alpha value is -3.81. The molecule has 0 radical (unpaired) electrons. The van der Waals surface area contributed by atoms with Gasteiger partial charge < -0.3 is 4.42 Å². The molecule has 1 aromatic carbocycles. The summed E-state index contributed by atoms with van der Waals surface area (Å²) >= 11 is 0. The van der Waals surface area contributed by atoms with E-state index in [1.807, 2.05) is 6.92 Å². The summed E-state index contributed by atoms with van der Waals surface area (Å²) in [5.74, 6) is 0.285. The van der Waals surface area contributed by atoms with Crippen molar-refractivity contribution in [3.8, 4) is 11.3 Å². The maximum Gasteiger partial charge on any atom is 0.280 e. The van der Waals surface area contributed by atoms with Crippen LogP contribution in [-0.4, -0.2) is 22.0 Å². The van der Waals surface area contributed by atoms with Crippen LogP contribution in [0.25, 0.3) is 11.3 Å². The predicted octanol–water partition coefficient (Wildman–Crippen LogP) is 3.32. The van der Waals surface area contributed by atoms with Crippen LogP contribution < -0.4 is 5.43 Å². The van der Waals surface area contributed by atoms with E-state index < -0.39 is 10.8 Å². The fourth-order valence-electron chi connectivity index (χ4n) is 2.23. The van der Waals surface area contributed by atoms with E-state index in [-0.39, 0.29) is 5.69 Å². The van der Waals surface area contributed by atoms with Crippen LogP contribution in [0.5, 0.6) is 0 Å². The number of benzene rings is 1. The number of aromatic nitrogens is 1. The molecular formula is C18H14N4O4. The number of hydrogen-bond acceptors (Lipinski definition) is 6. The first kappa shape index (κ1) is 17.0. The van der Waals surface area contributed by atoms with E-state index >= 15 is 0 Å².